The van der Waals surface area contributed by atoms with Crippen LogP contribution in [0.25, 0.3) is 5.78 Å². The predicted octanol–water partition coefficient (Wildman–Crippen LogP) is 1.85. The third-order valence-electron chi connectivity index (χ3n) is 3.93. The number of benzene rings is 1. The van der Waals surface area contributed by atoms with Crippen molar-refractivity contribution in [3.63, 3.8) is 0 Å². The first kappa shape index (κ1) is 20.1. The van der Waals surface area contributed by atoms with Gasteiger partial charge in [-0.25, -0.2) is 14.3 Å². The first-order chi connectivity index (χ1) is 13.8. The molecule has 0 aliphatic heterocycles. The molecule has 11 heteroatoms. The standard InChI is InChI=1S/C18H17F2N5O4/c1-11-7-8-21-18-22-15(23-25(11)18)16(27)28-10-14(26)24(2)9-12-3-5-13(6-4-12)29-17(19)20/h3-8,17H,9-10H2,1-2H3. The number of carbonyl (C=O) groups excluding carboxylic acids is 2. The van der Waals surface area contributed by atoms with Crippen LogP contribution in [0.15, 0.2) is 36.5 Å². The van der Waals surface area contributed by atoms with Gasteiger partial charge in [-0.3, -0.25) is 4.79 Å². The van der Waals surface area contributed by atoms with Crippen molar-refractivity contribution in [1.82, 2.24) is 24.5 Å². The molecule has 2 aromatic heterocycles. The molecule has 0 fully saturated rings. The Hall–Kier alpha value is -3.63. The summed E-state index contributed by atoms with van der Waals surface area (Å²) in [6.45, 7) is -1.42. The van der Waals surface area contributed by atoms with Gasteiger partial charge in [-0.1, -0.05) is 12.1 Å². The number of rotatable bonds is 7. The lowest BCUT2D eigenvalue weighted by Crippen LogP contribution is -2.31. The molecule has 0 unspecified atom stereocenters. The normalized spacial score (nSPS) is 10.9. The van der Waals surface area contributed by atoms with Crippen LogP contribution in [0.5, 0.6) is 5.75 Å². The van der Waals surface area contributed by atoms with Crippen LogP contribution in [0.2, 0.25) is 0 Å². The van der Waals surface area contributed by atoms with Gasteiger partial charge in [0.2, 0.25) is 0 Å². The molecule has 1 amide bonds. The minimum atomic E-state index is -2.90. The maximum atomic E-state index is 12.2. The maximum Gasteiger partial charge on any atom is 0.387 e. The molecule has 0 radical (unpaired) electrons. The molecule has 0 spiro atoms. The average Bonchev–Trinajstić information content (AvgIpc) is 3.13. The number of ether oxygens (including phenoxy) is 2. The lowest BCUT2D eigenvalue weighted by molar-refractivity contribution is -0.133. The van der Waals surface area contributed by atoms with Gasteiger partial charge in [-0.05, 0) is 30.7 Å². The number of halogens is 2. The molecular formula is C18H17F2N5O4. The van der Waals surface area contributed by atoms with Gasteiger partial charge in [0.25, 0.3) is 17.5 Å². The van der Waals surface area contributed by atoms with Gasteiger partial charge < -0.3 is 14.4 Å². The van der Waals surface area contributed by atoms with Crippen molar-refractivity contribution in [3.8, 4) is 5.75 Å². The number of hydrogen-bond donors (Lipinski definition) is 0. The number of aromatic nitrogens is 4. The molecule has 0 N–H and O–H groups in total. The molecule has 3 aromatic rings. The summed E-state index contributed by atoms with van der Waals surface area (Å²) in [7, 11) is 1.52. The summed E-state index contributed by atoms with van der Waals surface area (Å²) in [4.78, 5) is 33.6. The summed E-state index contributed by atoms with van der Waals surface area (Å²) in [5.74, 6) is -1.22. The van der Waals surface area contributed by atoms with E-state index in [4.69, 9.17) is 4.74 Å². The first-order valence-corrected chi connectivity index (χ1v) is 8.46. The molecule has 0 aliphatic carbocycles. The number of amides is 1. The number of likely N-dealkylation sites (N-methyl/N-ethyl adjacent to an activating group) is 1. The highest BCUT2D eigenvalue weighted by Crippen LogP contribution is 2.15. The van der Waals surface area contributed by atoms with E-state index in [9.17, 15) is 18.4 Å². The van der Waals surface area contributed by atoms with Crippen LogP contribution >= 0.6 is 0 Å². The monoisotopic (exact) mass is 405 g/mol. The lowest BCUT2D eigenvalue weighted by Gasteiger charge is -2.17. The quantitative estimate of drug-likeness (QED) is 0.553. The number of carbonyl (C=O) groups is 2. The van der Waals surface area contributed by atoms with E-state index in [0.717, 1.165) is 5.69 Å². The number of hydrogen-bond acceptors (Lipinski definition) is 7. The highest BCUT2D eigenvalue weighted by Gasteiger charge is 2.19. The topological polar surface area (TPSA) is 98.9 Å². The zero-order chi connectivity index (χ0) is 21.0. The van der Waals surface area contributed by atoms with Crippen LogP contribution in [-0.4, -0.2) is 56.6 Å². The molecule has 2 heterocycles. The smallest absolute Gasteiger partial charge is 0.387 e. The van der Waals surface area contributed by atoms with Crippen molar-refractivity contribution in [2.75, 3.05) is 13.7 Å². The zero-order valence-corrected chi connectivity index (χ0v) is 15.6. The Morgan fingerprint density at radius 2 is 1.93 bits per heavy atom. The fraction of sp³-hybridized carbons (Fsp3) is 0.278. The molecule has 0 saturated carbocycles. The molecule has 0 atom stereocenters. The van der Waals surface area contributed by atoms with Crippen molar-refractivity contribution in [1.29, 1.82) is 0 Å². The molecular weight excluding hydrogens is 388 g/mol. The summed E-state index contributed by atoms with van der Waals surface area (Å²) in [6.07, 6.45) is 1.54. The lowest BCUT2D eigenvalue weighted by atomic mass is 10.2. The SMILES string of the molecule is Cc1ccnc2nc(C(=O)OCC(=O)N(C)Cc3ccc(OC(F)F)cc3)nn12. The van der Waals surface area contributed by atoms with Crippen LogP contribution in [0, 0.1) is 6.92 Å². The fourth-order valence-electron chi connectivity index (χ4n) is 2.43. The van der Waals surface area contributed by atoms with Crippen molar-refractivity contribution in [3.05, 3.63) is 53.6 Å². The molecule has 3 rings (SSSR count). The number of alkyl halides is 2. The number of fused-ring (bicyclic) bond motifs is 1. The summed E-state index contributed by atoms with van der Waals surface area (Å²) in [6, 6.07) is 7.59. The van der Waals surface area contributed by atoms with Gasteiger partial charge in [0.05, 0.1) is 0 Å². The minimum absolute atomic E-state index is 0.0244. The van der Waals surface area contributed by atoms with E-state index in [1.165, 1.54) is 28.6 Å². The van der Waals surface area contributed by atoms with Crippen molar-refractivity contribution in [2.24, 2.45) is 0 Å². The summed E-state index contributed by atoms with van der Waals surface area (Å²) >= 11 is 0. The van der Waals surface area contributed by atoms with Gasteiger partial charge in [0, 0.05) is 25.5 Å². The van der Waals surface area contributed by atoms with Gasteiger partial charge in [-0.2, -0.15) is 13.8 Å². The largest absolute Gasteiger partial charge is 0.450 e. The number of nitrogens with zero attached hydrogens (tertiary/aromatic N) is 5. The second-order valence-electron chi connectivity index (χ2n) is 6.08. The molecule has 0 aliphatic rings. The van der Waals surface area contributed by atoms with Crippen LogP contribution in [0.1, 0.15) is 21.9 Å². The molecule has 9 nitrogen and oxygen atoms in total. The Bertz CT molecular complexity index is 1020. The third-order valence-corrected chi connectivity index (χ3v) is 3.93. The molecule has 1 aromatic carbocycles. The summed E-state index contributed by atoms with van der Waals surface area (Å²) in [5.41, 5.74) is 1.43. The Morgan fingerprint density at radius 1 is 1.21 bits per heavy atom. The van der Waals surface area contributed by atoms with Crippen molar-refractivity contribution in [2.45, 2.75) is 20.1 Å². The van der Waals surface area contributed by atoms with Crippen molar-refractivity contribution >= 4 is 17.7 Å². The second-order valence-corrected chi connectivity index (χ2v) is 6.08. The van der Waals surface area contributed by atoms with E-state index >= 15 is 0 Å². The third kappa shape index (κ3) is 5.00. The van der Waals surface area contributed by atoms with E-state index in [2.05, 4.69) is 19.8 Å². The van der Waals surface area contributed by atoms with Crippen LogP contribution in [0.4, 0.5) is 8.78 Å². The highest BCUT2D eigenvalue weighted by atomic mass is 19.3. The summed E-state index contributed by atoms with van der Waals surface area (Å²) < 4.78 is 35.0. The van der Waals surface area contributed by atoms with Gasteiger partial charge in [-0.15, -0.1) is 5.10 Å². The van der Waals surface area contributed by atoms with Gasteiger partial charge in [0.1, 0.15) is 5.75 Å². The van der Waals surface area contributed by atoms with Crippen LogP contribution < -0.4 is 4.74 Å². The number of aryl methyl sites for hydroxylation is 1. The summed E-state index contributed by atoms with van der Waals surface area (Å²) in [5, 5.41) is 4.01. The van der Waals surface area contributed by atoms with Crippen molar-refractivity contribution < 1.29 is 27.8 Å². The predicted molar refractivity (Wildman–Crippen MR) is 95.3 cm³/mol. The van der Waals surface area contributed by atoms with Gasteiger partial charge >= 0.3 is 12.6 Å². The Labute approximate surface area is 163 Å². The zero-order valence-electron chi connectivity index (χ0n) is 15.6. The molecule has 0 saturated heterocycles. The highest BCUT2D eigenvalue weighted by molar-refractivity contribution is 5.88. The first-order valence-electron chi connectivity index (χ1n) is 8.46. The Balaban J connectivity index is 1.53. The van der Waals surface area contributed by atoms with E-state index in [0.29, 0.717) is 5.56 Å². The Kier molecular flexibility index (Phi) is 5.96. The Morgan fingerprint density at radius 3 is 2.59 bits per heavy atom. The van der Waals surface area contributed by atoms with E-state index < -0.39 is 25.1 Å². The van der Waals surface area contributed by atoms with Crippen LogP contribution in [-0.2, 0) is 16.1 Å². The molecule has 0 bridgehead atoms. The second kappa shape index (κ2) is 8.59. The fourth-order valence-corrected chi connectivity index (χ4v) is 2.43. The molecule has 152 valence electrons. The number of esters is 1. The van der Waals surface area contributed by atoms with E-state index in [-0.39, 0.29) is 23.9 Å². The minimum Gasteiger partial charge on any atom is -0.450 e. The van der Waals surface area contributed by atoms with Crippen LogP contribution in [0.3, 0.4) is 0 Å². The van der Waals surface area contributed by atoms with E-state index in [1.807, 2.05) is 0 Å². The van der Waals surface area contributed by atoms with E-state index in [1.54, 1.807) is 31.3 Å². The molecule has 29 heavy (non-hydrogen) atoms. The van der Waals surface area contributed by atoms with Gasteiger partial charge in [0.15, 0.2) is 6.61 Å². The maximum absolute atomic E-state index is 12.2. The average molecular weight is 405 g/mol.